The van der Waals surface area contributed by atoms with Crippen LogP contribution in [0.3, 0.4) is 0 Å². The summed E-state index contributed by atoms with van der Waals surface area (Å²) in [5.74, 6) is 2.18. The van der Waals surface area contributed by atoms with E-state index in [1.54, 1.807) is 0 Å². The third-order valence-electron chi connectivity index (χ3n) is 6.80. The molecule has 0 aliphatic heterocycles. The summed E-state index contributed by atoms with van der Waals surface area (Å²) >= 11 is 0. The van der Waals surface area contributed by atoms with Gasteiger partial charge in [0.25, 0.3) is 0 Å². The summed E-state index contributed by atoms with van der Waals surface area (Å²) in [6.45, 7) is 2.36. The van der Waals surface area contributed by atoms with Crippen LogP contribution in [-0.4, -0.2) is 0 Å². The zero-order valence-electron chi connectivity index (χ0n) is 15.6. The van der Waals surface area contributed by atoms with E-state index in [9.17, 15) is 17.6 Å². The quantitative estimate of drug-likeness (QED) is 0.484. The smallest absolute Gasteiger partial charge is 0.206 e. The van der Waals surface area contributed by atoms with Gasteiger partial charge in [-0.3, -0.25) is 0 Å². The fourth-order valence-corrected chi connectivity index (χ4v) is 5.02. The number of benzene rings is 1. The van der Waals surface area contributed by atoms with Crippen LogP contribution in [0.5, 0.6) is 0 Å². The van der Waals surface area contributed by atoms with Crippen molar-refractivity contribution in [2.45, 2.75) is 77.3 Å². The number of hydrogen-bond donors (Lipinski definition) is 0. The summed E-state index contributed by atoms with van der Waals surface area (Å²) in [4.78, 5) is 0. The molecule has 2 aliphatic carbocycles. The van der Waals surface area contributed by atoms with Crippen LogP contribution in [0, 0.1) is 29.5 Å². The summed E-state index contributed by atoms with van der Waals surface area (Å²) in [6, 6.07) is 3.38. The number of hydrogen-bond acceptors (Lipinski definition) is 0. The van der Waals surface area contributed by atoms with Crippen molar-refractivity contribution < 1.29 is 17.6 Å². The van der Waals surface area contributed by atoms with Crippen molar-refractivity contribution in [1.29, 1.82) is 0 Å². The molecule has 1 aromatic rings. The van der Waals surface area contributed by atoms with Crippen molar-refractivity contribution in [3.05, 3.63) is 35.1 Å². The molecule has 0 spiro atoms. The second-order valence-corrected chi connectivity index (χ2v) is 8.65. The van der Waals surface area contributed by atoms with Crippen LogP contribution in [-0.2, 0) is 12.6 Å². The van der Waals surface area contributed by atoms with Gasteiger partial charge in [-0.1, -0.05) is 38.7 Å². The molecule has 2 fully saturated rings. The maximum Gasteiger partial charge on any atom is 0.419 e. The minimum absolute atomic E-state index is 0.638. The first-order chi connectivity index (χ1) is 12.3. The maximum atomic E-state index is 13.7. The molecule has 26 heavy (non-hydrogen) atoms. The van der Waals surface area contributed by atoms with Crippen LogP contribution in [0.15, 0.2) is 18.2 Å². The van der Waals surface area contributed by atoms with Gasteiger partial charge >= 0.3 is 6.18 Å². The second-order valence-electron chi connectivity index (χ2n) is 8.65. The van der Waals surface area contributed by atoms with Gasteiger partial charge in [0, 0.05) is 0 Å². The van der Waals surface area contributed by atoms with E-state index >= 15 is 0 Å². The average Bonchev–Trinajstić information content (AvgIpc) is 2.60. The summed E-state index contributed by atoms with van der Waals surface area (Å²) in [5.41, 5.74) is -0.484. The minimum atomic E-state index is -4.61. The number of halogens is 4. The molecule has 0 N–H and O–H groups in total. The van der Waals surface area contributed by atoms with Gasteiger partial charge in [0.2, 0.25) is 0 Å². The predicted octanol–water partition coefficient (Wildman–Crippen LogP) is 7.41. The molecule has 0 heterocycles. The maximum absolute atomic E-state index is 13.7. The molecule has 3 rings (SSSR count). The van der Waals surface area contributed by atoms with Gasteiger partial charge in [-0.25, -0.2) is 4.39 Å². The highest BCUT2D eigenvalue weighted by atomic mass is 19.4. The lowest BCUT2D eigenvalue weighted by molar-refractivity contribution is -0.140. The van der Waals surface area contributed by atoms with Crippen molar-refractivity contribution in [2.75, 3.05) is 0 Å². The van der Waals surface area contributed by atoms with Gasteiger partial charge in [-0.15, -0.1) is 0 Å². The topological polar surface area (TPSA) is 0 Å². The Kier molecular flexibility index (Phi) is 6.29. The van der Waals surface area contributed by atoms with Gasteiger partial charge in [0.15, 0.2) is 0 Å². The predicted molar refractivity (Wildman–Crippen MR) is 96.3 cm³/mol. The molecule has 0 radical (unpaired) electrons. The lowest BCUT2D eigenvalue weighted by Gasteiger charge is -2.37. The van der Waals surface area contributed by atoms with E-state index in [1.165, 1.54) is 57.4 Å². The van der Waals surface area contributed by atoms with E-state index in [0.29, 0.717) is 17.9 Å². The first-order valence-corrected chi connectivity index (χ1v) is 10.2. The molecule has 146 valence electrons. The summed E-state index contributed by atoms with van der Waals surface area (Å²) in [7, 11) is 0. The first-order valence-electron chi connectivity index (χ1n) is 10.2. The highest BCUT2D eigenvalue weighted by Gasteiger charge is 2.34. The molecule has 0 saturated heterocycles. The molecular formula is C22H30F4. The Labute approximate surface area is 154 Å². The SMILES string of the molecule is CC1CCC(C2CCC(CCc3ccc(C(F)(F)F)c(F)c3)CC2)CC1. The number of rotatable bonds is 4. The van der Waals surface area contributed by atoms with Gasteiger partial charge < -0.3 is 0 Å². The molecule has 2 aliphatic rings. The fourth-order valence-electron chi connectivity index (χ4n) is 5.02. The van der Waals surface area contributed by atoms with Gasteiger partial charge in [-0.05, 0) is 79.9 Å². The largest absolute Gasteiger partial charge is 0.419 e. The average molecular weight is 370 g/mol. The normalized spacial score (nSPS) is 30.3. The van der Waals surface area contributed by atoms with Gasteiger partial charge in [-0.2, -0.15) is 13.2 Å². The van der Waals surface area contributed by atoms with Crippen LogP contribution in [0.4, 0.5) is 17.6 Å². The molecule has 4 heteroatoms. The summed E-state index contributed by atoms with van der Waals surface area (Å²) in [6.07, 6.45) is 7.59. The Morgan fingerprint density at radius 2 is 1.46 bits per heavy atom. The Hall–Kier alpha value is -1.06. The second kappa shape index (κ2) is 8.31. The molecular weight excluding hydrogens is 340 g/mol. The van der Waals surface area contributed by atoms with Crippen molar-refractivity contribution in [3.63, 3.8) is 0 Å². The Morgan fingerprint density at radius 1 is 0.885 bits per heavy atom. The van der Waals surface area contributed by atoms with Gasteiger partial charge in [0.1, 0.15) is 5.82 Å². The molecule has 0 aromatic heterocycles. The first kappa shape index (κ1) is 19.7. The molecule has 2 saturated carbocycles. The molecule has 0 unspecified atom stereocenters. The summed E-state index contributed by atoms with van der Waals surface area (Å²) < 4.78 is 51.6. The summed E-state index contributed by atoms with van der Waals surface area (Å²) in [5, 5.41) is 0. The van der Waals surface area contributed by atoms with Crippen molar-refractivity contribution in [1.82, 2.24) is 0 Å². The third kappa shape index (κ3) is 5.01. The monoisotopic (exact) mass is 370 g/mol. The highest BCUT2D eigenvalue weighted by molar-refractivity contribution is 5.26. The minimum Gasteiger partial charge on any atom is -0.206 e. The van der Waals surface area contributed by atoms with E-state index in [1.807, 2.05) is 0 Å². The molecule has 1 aromatic carbocycles. The Balaban J connectivity index is 1.45. The van der Waals surface area contributed by atoms with Crippen LogP contribution >= 0.6 is 0 Å². The van der Waals surface area contributed by atoms with Crippen LogP contribution in [0.1, 0.15) is 75.8 Å². The fraction of sp³-hybridized carbons (Fsp3) is 0.727. The Bertz CT molecular complexity index is 576. The van der Waals surface area contributed by atoms with E-state index in [-0.39, 0.29) is 0 Å². The van der Waals surface area contributed by atoms with Crippen molar-refractivity contribution >= 4 is 0 Å². The van der Waals surface area contributed by atoms with E-state index in [4.69, 9.17) is 0 Å². The highest BCUT2D eigenvalue weighted by Crippen LogP contribution is 2.42. The van der Waals surface area contributed by atoms with Gasteiger partial charge in [0.05, 0.1) is 5.56 Å². The lowest BCUT2D eigenvalue weighted by atomic mass is 9.69. The standard InChI is InChI=1S/C22H30F4/c1-15-2-9-18(10-3-15)19-11-6-16(7-12-19)4-5-17-8-13-20(21(23)14-17)22(24,25)26/h8,13-16,18-19H,2-7,9-12H2,1H3. The third-order valence-corrected chi connectivity index (χ3v) is 6.80. The lowest BCUT2D eigenvalue weighted by Crippen LogP contribution is -2.25. The molecule has 0 bridgehead atoms. The van der Waals surface area contributed by atoms with Crippen LogP contribution in [0.2, 0.25) is 0 Å². The van der Waals surface area contributed by atoms with E-state index in [2.05, 4.69) is 6.92 Å². The van der Waals surface area contributed by atoms with Crippen LogP contribution in [0.25, 0.3) is 0 Å². The zero-order valence-corrected chi connectivity index (χ0v) is 15.6. The molecule has 0 nitrogen and oxygen atoms in total. The van der Waals surface area contributed by atoms with Crippen LogP contribution < -0.4 is 0 Å². The van der Waals surface area contributed by atoms with Crippen molar-refractivity contribution in [3.8, 4) is 0 Å². The van der Waals surface area contributed by atoms with E-state index < -0.39 is 17.6 Å². The Morgan fingerprint density at radius 3 is 2.00 bits per heavy atom. The molecule has 0 amide bonds. The van der Waals surface area contributed by atoms with Crippen molar-refractivity contribution in [2.24, 2.45) is 23.7 Å². The zero-order chi connectivity index (χ0) is 18.7. The number of aryl methyl sites for hydroxylation is 1. The molecule has 0 atom stereocenters. The number of alkyl halides is 3. The van der Waals surface area contributed by atoms with E-state index in [0.717, 1.165) is 36.3 Å².